The molecule has 1 atom stereocenters. The number of amides is 3. The molecule has 3 aliphatic rings. The van der Waals surface area contributed by atoms with Crippen LogP contribution in [-0.4, -0.2) is 59.5 Å². The van der Waals surface area contributed by atoms with Gasteiger partial charge in [-0.25, -0.2) is 4.79 Å². The van der Waals surface area contributed by atoms with Crippen LogP contribution in [0.25, 0.3) is 0 Å². The summed E-state index contributed by atoms with van der Waals surface area (Å²) in [5.74, 6) is 0.0212. The molecular weight excluding hydrogens is 376 g/mol. The Morgan fingerprint density at radius 2 is 1.61 bits per heavy atom. The van der Waals surface area contributed by atoms with Gasteiger partial charge in [0.1, 0.15) is 6.04 Å². The molecule has 1 aromatic carbocycles. The number of likely N-dealkylation sites (tertiary alicyclic amines) is 2. The lowest BCUT2D eigenvalue weighted by molar-refractivity contribution is -0.124. The van der Waals surface area contributed by atoms with Gasteiger partial charge in [0.2, 0.25) is 5.91 Å². The SMILES string of the molecule is O=C(NC1CC1)C1CCCN1C(=O)NC1CCN(Cc2ccc(Cl)cc2)CC1. The van der Waals surface area contributed by atoms with Crippen LogP contribution in [-0.2, 0) is 11.3 Å². The first-order valence-electron chi connectivity index (χ1n) is 10.4. The monoisotopic (exact) mass is 404 g/mol. The van der Waals surface area contributed by atoms with Crippen LogP contribution in [0, 0.1) is 0 Å². The molecule has 152 valence electrons. The molecule has 1 saturated carbocycles. The fraction of sp³-hybridized carbons (Fsp3) is 0.619. The average Bonchev–Trinajstić information content (AvgIpc) is 3.36. The number of nitrogens with zero attached hydrogens (tertiary/aromatic N) is 2. The van der Waals surface area contributed by atoms with Crippen LogP contribution >= 0.6 is 11.6 Å². The van der Waals surface area contributed by atoms with Crippen molar-refractivity contribution in [1.29, 1.82) is 0 Å². The molecule has 3 fully saturated rings. The van der Waals surface area contributed by atoms with E-state index in [-0.39, 0.29) is 24.0 Å². The third kappa shape index (κ3) is 4.97. The molecule has 1 aliphatic carbocycles. The van der Waals surface area contributed by atoms with Crippen molar-refractivity contribution in [2.24, 2.45) is 0 Å². The number of urea groups is 1. The average molecular weight is 405 g/mol. The predicted octanol–water partition coefficient (Wildman–Crippen LogP) is 2.76. The van der Waals surface area contributed by atoms with E-state index < -0.39 is 0 Å². The standard InChI is InChI=1S/C21H29ClN4O2/c22-16-5-3-15(4-6-16)14-25-12-9-18(10-13-25)24-21(28)26-11-1-2-19(26)20(27)23-17-7-8-17/h3-6,17-19H,1-2,7-14H2,(H,23,27)(H,24,28). The number of carbonyl (C=O) groups excluding carboxylic acids is 2. The molecule has 0 bridgehead atoms. The van der Waals surface area contributed by atoms with E-state index in [9.17, 15) is 9.59 Å². The van der Waals surface area contributed by atoms with Crippen molar-refractivity contribution in [3.05, 3.63) is 34.9 Å². The first kappa shape index (κ1) is 19.5. The molecule has 0 spiro atoms. The van der Waals surface area contributed by atoms with Gasteiger partial charge in [0.25, 0.3) is 0 Å². The fourth-order valence-electron chi connectivity index (χ4n) is 4.15. The van der Waals surface area contributed by atoms with E-state index in [0.717, 1.165) is 63.2 Å². The van der Waals surface area contributed by atoms with E-state index in [4.69, 9.17) is 11.6 Å². The molecule has 0 aromatic heterocycles. The van der Waals surface area contributed by atoms with Gasteiger partial charge in [-0.3, -0.25) is 9.69 Å². The molecule has 3 amide bonds. The van der Waals surface area contributed by atoms with Crippen molar-refractivity contribution in [3.8, 4) is 0 Å². The summed E-state index contributed by atoms with van der Waals surface area (Å²) < 4.78 is 0. The molecule has 2 saturated heterocycles. The highest BCUT2D eigenvalue weighted by Crippen LogP contribution is 2.23. The van der Waals surface area contributed by atoms with Gasteiger partial charge >= 0.3 is 6.03 Å². The minimum absolute atomic E-state index is 0.0212. The molecule has 7 heteroatoms. The Labute approximate surface area is 171 Å². The number of benzene rings is 1. The number of piperidine rings is 1. The van der Waals surface area contributed by atoms with E-state index in [2.05, 4.69) is 27.7 Å². The Bertz CT molecular complexity index is 699. The predicted molar refractivity (Wildman–Crippen MR) is 109 cm³/mol. The summed E-state index contributed by atoms with van der Waals surface area (Å²) >= 11 is 5.95. The third-order valence-corrected chi connectivity index (χ3v) is 6.23. The largest absolute Gasteiger partial charge is 0.352 e. The second-order valence-electron chi connectivity index (χ2n) is 8.26. The summed E-state index contributed by atoms with van der Waals surface area (Å²) in [5, 5.41) is 6.97. The summed E-state index contributed by atoms with van der Waals surface area (Å²) in [4.78, 5) is 29.3. The van der Waals surface area contributed by atoms with Crippen molar-refractivity contribution >= 4 is 23.5 Å². The number of nitrogens with one attached hydrogen (secondary N) is 2. The van der Waals surface area contributed by atoms with Crippen LogP contribution < -0.4 is 10.6 Å². The van der Waals surface area contributed by atoms with Gasteiger partial charge in [0.15, 0.2) is 0 Å². The van der Waals surface area contributed by atoms with Crippen LogP contribution in [0.5, 0.6) is 0 Å². The van der Waals surface area contributed by atoms with E-state index in [1.165, 1.54) is 5.56 Å². The van der Waals surface area contributed by atoms with Crippen molar-refractivity contribution in [2.45, 2.75) is 63.2 Å². The van der Waals surface area contributed by atoms with Crippen LogP contribution in [0.2, 0.25) is 5.02 Å². The fourth-order valence-corrected chi connectivity index (χ4v) is 4.27. The van der Waals surface area contributed by atoms with E-state index in [0.29, 0.717) is 12.6 Å². The first-order valence-corrected chi connectivity index (χ1v) is 10.8. The lowest BCUT2D eigenvalue weighted by atomic mass is 10.0. The van der Waals surface area contributed by atoms with Crippen molar-refractivity contribution in [1.82, 2.24) is 20.4 Å². The van der Waals surface area contributed by atoms with Gasteiger partial charge in [-0.2, -0.15) is 0 Å². The maximum absolute atomic E-state index is 12.7. The molecular formula is C21H29ClN4O2. The number of halogens is 1. The van der Waals surface area contributed by atoms with Crippen molar-refractivity contribution in [3.63, 3.8) is 0 Å². The normalized spacial score (nSPS) is 23.6. The Balaban J connectivity index is 1.23. The zero-order valence-electron chi connectivity index (χ0n) is 16.2. The van der Waals surface area contributed by atoms with Crippen LogP contribution in [0.4, 0.5) is 4.79 Å². The van der Waals surface area contributed by atoms with Gasteiger partial charge in [-0.1, -0.05) is 23.7 Å². The summed E-state index contributed by atoms with van der Waals surface area (Å²) in [7, 11) is 0. The van der Waals surface area contributed by atoms with Gasteiger partial charge in [-0.05, 0) is 56.2 Å². The van der Waals surface area contributed by atoms with Crippen LogP contribution in [0.1, 0.15) is 44.1 Å². The molecule has 0 radical (unpaired) electrons. The summed E-state index contributed by atoms with van der Waals surface area (Å²) in [6, 6.07) is 8.12. The maximum atomic E-state index is 12.7. The lowest BCUT2D eigenvalue weighted by Gasteiger charge is -2.34. The Hall–Kier alpha value is -1.79. The van der Waals surface area contributed by atoms with Crippen molar-refractivity contribution in [2.75, 3.05) is 19.6 Å². The molecule has 1 unspecified atom stereocenters. The van der Waals surface area contributed by atoms with Crippen molar-refractivity contribution < 1.29 is 9.59 Å². The molecule has 1 aromatic rings. The number of rotatable bonds is 5. The maximum Gasteiger partial charge on any atom is 0.318 e. The van der Waals surface area contributed by atoms with Gasteiger partial charge in [-0.15, -0.1) is 0 Å². The molecule has 4 rings (SSSR count). The van der Waals surface area contributed by atoms with Gasteiger partial charge in [0, 0.05) is 43.3 Å². The topological polar surface area (TPSA) is 64.7 Å². The minimum atomic E-state index is -0.300. The summed E-state index contributed by atoms with van der Waals surface area (Å²) in [5.41, 5.74) is 1.26. The molecule has 2 heterocycles. The lowest BCUT2D eigenvalue weighted by Crippen LogP contribution is -2.53. The smallest absolute Gasteiger partial charge is 0.318 e. The van der Waals surface area contributed by atoms with Gasteiger partial charge in [0.05, 0.1) is 0 Å². The van der Waals surface area contributed by atoms with E-state index in [1.807, 2.05) is 12.1 Å². The molecule has 2 aliphatic heterocycles. The minimum Gasteiger partial charge on any atom is -0.352 e. The number of carbonyl (C=O) groups is 2. The summed E-state index contributed by atoms with van der Waals surface area (Å²) in [6.45, 7) is 3.50. The molecule has 2 N–H and O–H groups in total. The Morgan fingerprint density at radius 1 is 0.929 bits per heavy atom. The Morgan fingerprint density at radius 3 is 2.29 bits per heavy atom. The van der Waals surface area contributed by atoms with Crippen LogP contribution in [0.3, 0.4) is 0 Å². The number of hydrogen-bond acceptors (Lipinski definition) is 3. The summed E-state index contributed by atoms with van der Waals surface area (Å²) in [6.07, 6.45) is 5.68. The van der Waals surface area contributed by atoms with Crippen LogP contribution in [0.15, 0.2) is 24.3 Å². The first-order chi connectivity index (χ1) is 13.6. The quantitative estimate of drug-likeness (QED) is 0.793. The third-order valence-electron chi connectivity index (χ3n) is 5.97. The van der Waals surface area contributed by atoms with Gasteiger partial charge < -0.3 is 15.5 Å². The molecule has 6 nitrogen and oxygen atoms in total. The second-order valence-corrected chi connectivity index (χ2v) is 8.70. The zero-order chi connectivity index (χ0) is 19.5. The second kappa shape index (κ2) is 8.70. The van der Waals surface area contributed by atoms with E-state index >= 15 is 0 Å². The molecule has 28 heavy (non-hydrogen) atoms. The highest BCUT2D eigenvalue weighted by atomic mass is 35.5. The highest BCUT2D eigenvalue weighted by Gasteiger charge is 2.37. The highest BCUT2D eigenvalue weighted by molar-refractivity contribution is 6.30. The number of hydrogen-bond donors (Lipinski definition) is 2. The zero-order valence-corrected chi connectivity index (χ0v) is 17.0. The Kier molecular flexibility index (Phi) is 6.07. The van der Waals surface area contributed by atoms with E-state index in [1.54, 1.807) is 4.90 Å².